The van der Waals surface area contributed by atoms with E-state index in [0.29, 0.717) is 35.3 Å². The first-order chi connectivity index (χ1) is 16.2. The fourth-order valence-electron chi connectivity index (χ4n) is 3.26. The van der Waals surface area contributed by atoms with Crippen LogP contribution in [0.4, 0.5) is 11.4 Å². The Labute approximate surface area is 200 Å². The number of rotatable bonds is 11. The first-order valence-corrected chi connectivity index (χ1v) is 11.6. The number of hydrogen-bond acceptors (Lipinski definition) is 4. The highest BCUT2D eigenvalue weighted by atomic mass is 16.2. The topological polar surface area (TPSA) is 116 Å². The van der Waals surface area contributed by atoms with Gasteiger partial charge in [0.2, 0.25) is 11.8 Å². The summed E-state index contributed by atoms with van der Waals surface area (Å²) in [7, 11) is 0. The lowest BCUT2D eigenvalue weighted by Gasteiger charge is -2.13. The number of benzene rings is 2. The Kier molecular flexibility index (Phi) is 10.3. The predicted octanol–water partition coefficient (Wildman–Crippen LogP) is 4.10. The van der Waals surface area contributed by atoms with Crippen molar-refractivity contribution in [3.05, 3.63) is 59.7 Å². The van der Waals surface area contributed by atoms with E-state index in [4.69, 9.17) is 0 Å². The van der Waals surface area contributed by atoms with Crippen molar-refractivity contribution in [1.82, 2.24) is 10.6 Å². The number of carbonyl (C=O) groups is 4. The van der Waals surface area contributed by atoms with Crippen molar-refractivity contribution in [3.8, 4) is 0 Å². The number of hydrogen-bond donors (Lipinski definition) is 4. The lowest BCUT2D eigenvalue weighted by Crippen LogP contribution is -2.31. The molecule has 8 nitrogen and oxygen atoms in total. The van der Waals surface area contributed by atoms with Crippen LogP contribution in [0.5, 0.6) is 0 Å². The third-order valence-corrected chi connectivity index (χ3v) is 4.79. The Balaban J connectivity index is 1.82. The Hall–Kier alpha value is -3.68. The molecule has 0 aliphatic rings. The zero-order chi connectivity index (χ0) is 25.1. The highest BCUT2D eigenvalue weighted by Crippen LogP contribution is 2.17. The van der Waals surface area contributed by atoms with Gasteiger partial charge in [0.15, 0.2) is 0 Å². The van der Waals surface area contributed by atoms with E-state index in [9.17, 15) is 19.2 Å². The molecule has 0 atom stereocenters. The molecular formula is C26H34N4O4. The molecule has 0 spiro atoms. The summed E-state index contributed by atoms with van der Waals surface area (Å²) >= 11 is 0. The molecule has 0 unspecified atom stereocenters. The number of anilines is 2. The normalized spacial score (nSPS) is 10.6. The summed E-state index contributed by atoms with van der Waals surface area (Å²) in [4.78, 5) is 49.4. The van der Waals surface area contributed by atoms with Crippen LogP contribution in [0, 0.1) is 0 Å². The predicted molar refractivity (Wildman–Crippen MR) is 134 cm³/mol. The van der Waals surface area contributed by atoms with Crippen molar-refractivity contribution in [2.24, 2.45) is 0 Å². The molecule has 0 radical (unpaired) electrons. The molecule has 2 aromatic carbocycles. The van der Waals surface area contributed by atoms with E-state index in [1.165, 1.54) is 0 Å². The molecule has 0 aliphatic carbocycles. The quantitative estimate of drug-likeness (QED) is 0.373. The van der Waals surface area contributed by atoms with Gasteiger partial charge in [-0.25, -0.2) is 0 Å². The maximum Gasteiger partial charge on any atom is 0.253 e. The van der Waals surface area contributed by atoms with E-state index in [-0.39, 0.29) is 48.6 Å². The molecule has 0 heterocycles. The Bertz CT molecular complexity index is 936. The molecule has 0 fully saturated rings. The van der Waals surface area contributed by atoms with Gasteiger partial charge in [0.25, 0.3) is 11.8 Å². The first kappa shape index (κ1) is 26.6. The van der Waals surface area contributed by atoms with Gasteiger partial charge in [0.05, 0.1) is 22.5 Å². The summed E-state index contributed by atoms with van der Waals surface area (Å²) in [6.07, 6.45) is 1.46. The average Bonchev–Trinajstić information content (AvgIpc) is 2.76. The van der Waals surface area contributed by atoms with Crippen molar-refractivity contribution < 1.29 is 19.2 Å². The molecular weight excluding hydrogens is 432 g/mol. The van der Waals surface area contributed by atoms with Gasteiger partial charge in [-0.05, 0) is 64.8 Å². The molecule has 2 rings (SSSR count). The molecule has 4 N–H and O–H groups in total. The second-order valence-corrected chi connectivity index (χ2v) is 8.65. The molecule has 0 saturated heterocycles. The number of nitrogens with one attached hydrogen (secondary N) is 4. The lowest BCUT2D eigenvalue weighted by molar-refractivity contribution is -0.118. The zero-order valence-corrected chi connectivity index (χ0v) is 20.2. The molecule has 0 bridgehead atoms. The molecule has 182 valence electrons. The van der Waals surface area contributed by atoms with Gasteiger partial charge in [-0.15, -0.1) is 0 Å². The molecule has 34 heavy (non-hydrogen) atoms. The highest BCUT2D eigenvalue weighted by molar-refractivity contribution is 6.04. The van der Waals surface area contributed by atoms with Crippen molar-refractivity contribution in [3.63, 3.8) is 0 Å². The molecule has 8 heteroatoms. The minimum absolute atomic E-state index is 0.0149. The van der Waals surface area contributed by atoms with Crippen LogP contribution in [0.15, 0.2) is 48.5 Å². The lowest BCUT2D eigenvalue weighted by atomic mass is 10.1. The minimum atomic E-state index is -0.245. The monoisotopic (exact) mass is 466 g/mol. The summed E-state index contributed by atoms with van der Waals surface area (Å²) < 4.78 is 0. The van der Waals surface area contributed by atoms with Gasteiger partial charge >= 0.3 is 0 Å². The maximum absolute atomic E-state index is 12.4. The van der Waals surface area contributed by atoms with Crippen LogP contribution in [-0.2, 0) is 9.59 Å². The van der Waals surface area contributed by atoms with Crippen molar-refractivity contribution in [1.29, 1.82) is 0 Å². The first-order valence-electron chi connectivity index (χ1n) is 11.6. The Morgan fingerprint density at radius 1 is 0.618 bits per heavy atom. The van der Waals surface area contributed by atoms with Crippen molar-refractivity contribution >= 4 is 35.0 Å². The third-order valence-electron chi connectivity index (χ3n) is 4.79. The maximum atomic E-state index is 12.4. The third kappa shape index (κ3) is 8.69. The van der Waals surface area contributed by atoms with Gasteiger partial charge in [-0.3, -0.25) is 19.2 Å². The average molecular weight is 467 g/mol. The second-order valence-electron chi connectivity index (χ2n) is 8.65. The molecule has 4 amide bonds. The minimum Gasteiger partial charge on any atom is -0.350 e. The molecule has 0 saturated carbocycles. The van der Waals surface area contributed by atoms with E-state index >= 15 is 0 Å². The largest absolute Gasteiger partial charge is 0.350 e. The summed E-state index contributed by atoms with van der Waals surface area (Å²) in [6, 6.07) is 13.7. The van der Waals surface area contributed by atoms with Crippen molar-refractivity contribution in [2.45, 2.75) is 65.5 Å². The van der Waals surface area contributed by atoms with Crippen LogP contribution < -0.4 is 21.3 Å². The van der Waals surface area contributed by atoms with Gasteiger partial charge in [0, 0.05) is 24.9 Å². The van der Waals surface area contributed by atoms with E-state index in [2.05, 4.69) is 21.3 Å². The number of amides is 4. The number of unbranched alkanes of at least 4 members (excludes halogenated alkanes) is 1. The Morgan fingerprint density at radius 2 is 0.971 bits per heavy atom. The van der Waals surface area contributed by atoms with Gasteiger partial charge < -0.3 is 21.3 Å². The van der Waals surface area contributed by atoms with Crippen LogP contribution in [0.2, 0.25) is 0 Å². The van der Waals surface area contributed by atoms with Gasteiger partial charge in [0.1, 0.15) is 0 Å². The summed E-state index contributed by atoms with van der Waals surface area (Å²) in [5.74, 6) is -0.934. The van der Waals surface area contributed by atoms with Gasteiger partial charge in [-0.2, -0.15) is 0 Å². The highest BCUT2D eigenvalue weighted by Gasteiger charge is 2.15. The van der Waals surface area contributed by atoms with E-state index in [1.54, 1.807) is 48.5 Å². The van der Waals surface area contributed by atoms with Crippen LogP contribution in [-0.4, -0.2) is 35.7 Å². The standard InChI is InChI=1S/C26H34N4O4/c1-17(2)27-25(33)19-11-5-7-13-21(19)29-23(31)15-9-10-16-24(32)30-22-14-8-6-12-20(22)26(34)28-18(3)4/h5-8,11-14,17-18H,9-10,15-16H2,1-4H3,(H,27,33)(H,28,34)(H,29,31)(H,30,32). The van der Waals surface area contributed by atoms with Crippen LogP contribution in [0.1, 0.15) is 74.1 Å². The smallest absolute Gasteiger partial charge is 0.253 e. The fourth-order valence-corrected chi connectivity index (χ4v) is 3.26. The summed E-state index contributed by atoms with van der Waals surface area (Å²) in [5, 5.41) is 11.2. The zero-order valence-electron chi connectivity index (χ0n) is 20.2. The number of carbonyl (C=O) groups excluding carboxylic acids is 4. The van der Waals surface area contributed by atoms with Crippen LogP contribution in [0.3, 0.4) is 0 Å². The van der Waals surface area contributed by atoms with E-state index in [1.807, 2.05) is 27.7 Å². The van der Waals surface area contributed by atoms with E-state index < -0.39 is 0 Å². The summed E-state index contributed by atoms with van der Waals surface area (Å²) in [5.41, 5.74) is 1.73. The molecule has 2 aromatic rings. The second kappa shape index (κ2) is 13.1. The Morgan fingerprint density at radius 3 is 1.32 bits per heavy atom. The van der Waals surface area contributed by atoms with Crippen LogP contribution >= 0.6 is 0 Å². The summed E-state index contributed by atoms with van der Waals surface area (Å²) in [6.45, 7) is 7.48. The van der Waals surface area contributed by atoms with Gasteiger partial charge in [-0.1, -0.05) is 24.3 Å². The number of para-hydroxylation sites is 2. The van der Waals surface area contributed by atoms with Crippen molar-refractivity contribution in [2.75, 3.05) is 10.6 Å². The molecule has 0 aliphatic heterocycles. The van der Waals surface area contributed by atoms with Crippen LogP contribution in [0.25, 0.3) is 0 Å². The molecule has 0 aromatic heterocycles. The fraction of sp³-hybridized carbons (Fsp3) is 0.385. The SMILES string of the molecule is CC(C)NC(=O)c1ccccc1NC(=O)CCCCC(=O)Nc1ccccc1C(=O)NC(C)C. The van der Waals surface area contributed by atoms with E-state index in [0.717, 1.165) is 0 Å².